The van der Waals surface area contributed by atoms with Crippen LogP contribution in [0, 0.1) is 22.5 Å². The van der Waals surface area contributed by atoms with Crippen molar-refractivity contribution >= 4 is 6.09 Å². The van der Waals surface area contributed by atoms with Crippen LogP contribution in [0.4, 0.5) is 4.79 Å². The highest BCUT2D eigenvalue weighted by molar-refractivity contribution is 5.70. The molecule has 110 valence electrons. The van der Waals surface area contributed by atoms with Crippen molar-refractivity contribution in [2.75, 3.05) is 13.1 Å². The Labute approximate surface area is 122 Å². The van der Waals surface area contributed by atoms with Gasteiger partial charge >= 0.3 is 6.09 Å². The largest absolute Gasteiger partial charge is 0.415 e. The van der Waals surface area contributed by atoms with E-state index in [-0.39, 0.29) is 37.3 Å². The molecular weight excluding hydrogens is 272 g/mol. The van der Waals surface area contributed by atoms with Gasteiger partial charge in [0.25, 0.3) is 0 Å². The lowest BCUT2D eigenvalue weighted by atomic mass is 9.85. The fraction of sp³-hybridized carbons (Fsp3) is 0.400. The maximum absolute atomic E-state index is 12.0. The molecule has 0 spiro atoms. The van der Waals surface area contributed by atoms with Gasteiger partial charge in [0, 0.05) is 30.9 Å². The van der Waals surface area contributed by atoms with Crippen molar-refractivity contribution in [1.29, 1.82) is 0 Å². The summed E-state index contributed by atoms with van der Waals surface area (Å²) in [5.74, 6) is 2.82. The van der Waals surface area contributed by atoms with Gasteiger partial charge in [-0.2, -0.15) is 0 Å². The van der Waals surface area contributed by atoms with E-state index in [1.165, 1.54) is 4.90 Å². The van der Waals surface area contributed by atoms with E-state index in [9.17, 15) is 14.9 Å². The van der Waals surface area contributed by atoms with Crippen molar-refractivity contribution in [2.45, 2.75) is 24.8 Å². The average molecular weight is 288 g/mol. The summed E-state index contributed by atoms with van der Waals surface area (Å²) in [6.07, 6.45) is 5.31. The molecule has 0 atom stereocenters. The van der Waals surface area contributed by atoms with E-state index in [1.807, 2.05) is 6.07 Å². The standard InChI is InChI=1S/C15H16N2O4/c1-2-8-15(17(19)20)9-11-16(12-10-15)14(18)21-13-6-4-3-5-7-13/h1,3-7H,8-12H2. The summed E-state index contributed by atoms with van der Waals surface area (Å²) in [5.41, 5.74) is -1.11. The number of nitro groups is 1. The van der Waals surface area contributed by atoms with Crippen molar-refractivity contribution in [1.82, 2.24) is 4.90 Å². The molecule has 0 aromatic heterocycles. The molecule has 0 saturated carbocycles. The van der Waals surface area contributed by atoms with Crippen LogP contribution in [0.5, 0.6) is 5.75 Å². The van der Waals surface area contributed by atoms with E-state index in [0.717, 1.165) is 0 Å². The van der Waals surface area contributed by atoms with E-state index in [0.29, 0.717) is 5.75 Å². The lowest BCUT2D eigenvalue weighted by molar-refractivity contribution is -0.573. The van der Waals surface area contributed by atoms with Crippen LogP contribution in [-0.2, 0) is 0 Å². The summed E-state index contributed by atoms with van der Waals surface area (Å²) in [6, 6.07) is 8.72. The third kappa shape index (κ3) is 3.31. The summed E-state index contributed by atoms with van der Waals surface area (Å²) in [6.45, 7) is 0.544. The molecule has 1 fully saturated rings. The minimum Gasteiger partial charge on any atom is -0.410 e. The van der Waals surface area contributed by atoms with E-state index in [4.69, 9.17) is 11.2 Å². The molecule has 2 rings (SSSR count). The zero-order chi connectivity index (χ0) is 15.3. The molecule has 0 aliphatic carbocycles. The monoisotopic (exact) mass is 288 g/mol. The Morgan fingerprint density at radius 1 is 1.38 bits per heavy atom. The Hall–Kier alpha value is -2.55. The number of piperidine rings is 1. The van der Waals surface area contributed by atoms with Gasteiger partial charge in [-0.15, -0.1) is 6.42 Å². The summed E-state index contributed by atoms with van der Waals surface area (Å²) < 4.78 is 5.22. The SMILES string of the molecule is C#CCC1([N+](=O)[O-])CCN(C(=O)Oc2ccccc2)CC1. The molecular formula is C15H16N2O4. The second-order valence-corrected chi connectivity index (χ2v) is 5.03. The molecule has 1 heterocycles. The zero-order valence-corrected chi connectivity index (χ0v) is 11.5. The number of hydrogen-bond acceptors (Lipinski definition) is 4. The molecule has 1 aromatic carbocycles. The van der Waals surface area contributed by atoms with Crippen molar-refractivity contribution < 1.29 is 14.5 Å². The zero-order valence-electron chi connectivity index (χ0n) is 11.5. The summed E-state index contributed by atoms with van der Waals surface area (Å²) in [7, 11) is 0. The Morgan fingerprint density at radius 3 is 2.52 bits per heavy atom. The van der Waals surface area contributed by atoms with Crippen molar-refractivity contribution in [3.05, 3.63) is 40.4 Å². The number of carbonyl (C=O) groups is 1. The Balaban J connectivity index is 1.96. The van der Waals surface area contributed by atoms with Crippen LogP contribution < -0.4 is 4.74 Å². The number of benzene rings is 1. The average Bonchev–Trinajstić information content (AvgIpc) is 2.49. The third-order valence-corrected chi connectivity index (χ3v) is 3.72. The van der Waals surface area contributed by atoms with Gasteiger partial charge in [-0.3, -0.25) is 10.1 Å². The topological polar surface area (TPSA) is 72.7 Å². The first-order valence-corrected chi connectivity index (χ1v) is 6.67. The lowest BCUT2D eigenvalue weighted by Gasteiger charge is -2.34. The van der Waals surface area contributed by atoms with Crippen LogP contribution in [0.3, 0.4) is 0 Å². The molecule has 0 N–H and O–H groups in total. The van der Waals surface area contributed by atoms with Crippen LogP contribution in [0.15, 0.2) is 30.3 Å². The molecule has 1 aliphatic rings. The van der Waals surface area contributed by atoms with E-state index in [1.54, 1.807) is 24.3 Å². The predicted octanol–water partition coefficient (Wildman–Crippen LogP) is 2.32. The van der Waals surface area contributed by atoms with Gasteiger partial charge in [-0.1, -0.05) is 24.1 Å². The van der Waals surface area contributed by atoms with Gasteiger partial charge in [0.1, 0.15) is 5.75 Å². The highest BCUT2D eigenvalue weighted by Crippen LogP contribution is 2.29. The van der Waals surface area contributed by atoms with Crippen LogP contribution in [0.1, 0.15) is 19.3 Å². The fourth-order valence-corrected chi connectivity index (χ4v) is 2.37. The van der Waals surface area contributed by atoms with Gasteiger partial charge in [0.05, 0.1) is 6.42 Å². The lowest BCUT2D eigenvalue weighted by Crippen LogP contribution is -2.51. The minimum atomic E-state index is -1.11. The predicted molar refractivity (Wildman–Crippen MR) is 76.4 cm³/mol. The number of para-hydroxylation sites is 1. The first-order valence-electron chi connectivity index (χ1n) is 6.67. The number of terminal acetylenes is 1. The minimum absolute atomic E-state index is 0.0849. The van der Waals surface area contributed by atoms with E-state index < -0.39 is 11.6 Å². The molecule has 1 aromatic rings. The highest BCUT2D eigenvalue weighted by Gasteiger charge is 2.46. The third-order valence-electron chi connectivity index (χ3n) is 3.72. The Morgan fingerprint density at radius 2 is 2.00 bits per heavy atom. The number of carbonyl (C=O) groups excluding carboxylic acids is 1. The molecule has 6 nitrogen and oxygen atoms in total. The summed E-state index contributed by atoms with van der Waals surface area (Å²) >= 11 is 0. The normalized spacial score (nSPS) is 16.8. The molecule has 1 saturated heterocycles. The van der Waals surface area contributed by atoms with Crippen molar-refractivity contribution in [3.63, 3.8) is 0 Å². The Kier molecular flexibility index (Phi) is 4.43. The van der Waals surface area contributed by atoms with Gasteiger partial charge in [-0.25, -0.2) is 4.79 Å². The van der Waals surface area contributed by atoms with Crippen LogP contribution >= 0.6 is 0 Å². The van der Waals surface area contributed by atoms with Gasteiger partial charge in [0.15, 0.2) is 0 Å². The smallest absolute Gasteiger partial charge is 0.410 e. The van der Waals surface area contributed by atoms with Crippen molar-refractivity contribution in [2.24, 2.45) is 0 Å². The first-order chi connectivity index (χ1) is 10.1. The molecule has 0 radical (unpaired) electrons. The number of ether oxygens (including phenoxy) is 1. The number of nitrogens with zero attached hydrogens (tertiary/aromatic N) is 2. The molecule has 1 amide bonds. The van der Waals surface area contributed by atoms with E-state index in [2.05, 4.69) is 5.92 Å². The molecule has 21 heavy (non-hydrogen) atoms. The maximum atomic E-state index is 12.0. The first kappa shape index (κ1) is 14.9. The van der Waals surface area contributed by atoms with Gasteiger partial charge in [0.2, 0.25) is 5.54 Å². The summed E-state index contributed by atoms with van der Waals surface area (Å²) in [5, 5.41) is 11.2. The van der Waals surface area contributed by atoms with Crippen LogP contribution in [0.25, 0.3) is 0 Å². The van der Waals surface area contributed by atoms with Crippen LogP contribution in [0.2, 0.25) is 0 Å². The Bertz CT molecular complexity index is 557. The quantitative estimate of drug-likeness (QED) is 0.486. The van der Waals surface area contributed by atoms with Crippen LogP contribution in [-0.4, -0.2) is 34.5 Å². The van der Waals surface area contributed by atoms with Gasteiger partial charge in [-0.05, 0) is 12.1 Å². The molecule has 0 unspecified atom stereocenters. The molecule has 6 heteroatoms. The van der Waals surface area contributed by atoms with E-state index >= 15 is 0 Å². The molecule has 1 aliphatic heterocycles. The fourth-order valence-electron chi connectivity index (χ4n) is 2.37. The second-order valence-electron chi connectivity index (χ2n) is 5.03. The maximum Gasteiger partial charge on any atom is 0.415 e. The van der Waals surface area contributed by atoms with Crippen molar-refractivity contribution in [3.8, 4) is 18.1 Å². The number of hydrogen-bond donors (Lipinski definition) is 0. The number of likely N-dealkylation sites (tertiary alicyclic amines) is 1. The summed E-state index contributed by atoms with van der Waals surface area (Å²) in [4.78, 5) is 24.4. The second kappa shape index (κ2) is 6.27. The number of amides is 1. The highest BCUT2D eigenvalue weighted by atomic mass is 16.6. The number of rotatable bonds is 3. The molecule has 0 bridgehead atoms. The van der Waals surface area contributed by atoms with Gasteiger partial charge < -0.3 is 9.64 Å².